The van der Waals surface area contributed by atoms with Gasteiger partial charge in [0, 0.05) is 48.8 Å². The molecule has 2 aromatic carbocycles. The molecule has 1 saturated heterocycles. The summed E-state index contributed by atoms with van der Waals surface area (Å²) in [6, 6.07) is 9.94. The van der Waals surface area contributed by atoms with Crippen molar-refractivity contribution in [1.29, 1.82) is 0 Å². The zero-order valence-corrected chi connectivity index (χ0v) is 22.3. The average Bonchev–Trinajstić information content (AvgIpc) is 3.33. The molecule has 0 atom stereocenters. The number of sulfone groups is 1. The first kappa shape index (κ1) is 25.9. The maximum atomic E-state index is 13.6. The van der Waals surface area contributed by atoms with Gasteiger partial charge in [0.1, 0.15) is 5.82 Å². The monoisotopic (exact) mass is 536 g/mol. The number of aromatic amines is 1. The van der Waals surface area contributed by atoms with Crippen molar-refractivity contribution >= 4 is 39.0 Å². The SMILES string of the molecule is Cc1[nH]c(/C=C2\C(=O)Nc3ccc(S(=O)(=O)Cc4cccc(F)c4)cc32)c(C)c1C(=O)N1CCN(C)CC1. The van der Waals surface area contributed by atoms with Gasteiger partial charge in [0.05, 0.1) is 21.8 Å². The Labute approximate surface area is 221 Å². The lowest BCUT2D eigenvalue weighted by atomic mass is 10.0. The van der Waals surface area contributed by atoms with Crippen molar-refractivity contribution in [3.05, 3.63) is 81.9 Å². The third kappa shape index (κ3) is 4.89. The molecule has 3 aromatic rings. The Bertz CT molecular complexity index is 1580. The Morgan fingerprint density at radius 1 is 1.08 bits per heavy atom. The van der Waals surface area contributed by atoms with Crippen LogP contribution >= 0.6 is 0 Å². The van der Waals surface area contributed by atoms with E-state index >= 15 is 0 Å². The average molecular weight is 537 g/mol. The number of H-pyrrole nitrogens is 1. The van der Waals surface area contributed by atoms with E-state index in [1.54, 1.807) is 18.2 Å². The van der Waals surface area contributed by atoms with E-state index in [4.69, 9.17) is 0 Å². The third-order valence-corrected chi connectivity index (χ3v) is 8.83. The van der Waals surface area contributed by atoms with Crippen molar-refractivity contribution in [2.45, 2.75) is 24.5 Å². The molecule has 0 bridgehead atoms. The zero-order valence-electron chi connectivity index (χ0n) is 21.5. The fourth-order valence-corrected chi connectivity index (χ4v) is 6.34. The van der Waals surface area contributed by atoms with E-state index in [9.17, 15) is 22.4 Å². The molecule has 198 valence electrons. The van der Waals surface area contributed by atoms with E-state index in [1.807, 2.05) is 25.8 Å². The van der Waals surface area contributed by atoms with Crippen molar-refractivity contribution in [2.75, 3.05) is 38.5 Å². The Balaban J connectivity index is 1.47. The number of piperazine rings is 1. The summed E-state index contributed by atoms with van der Waals surface area (Å²) in [4.78, 5) is 33.5. The van der Waals surface area contributed by atoms with Gasteiger partial charge < -0.3 is 20.1 Å². The number of anilines is 1. The van der Waals surface area contributed by atoms with Crippen LogP contribution in [-0.4, -0.2) is 68.2 Å². The molecule has 5 rings (SSSR count). The first-order valence-corrected chi connectivity index (χ1v) is 14.0. The van der Waals surface area contributed by atoms with Gasteiger partial charge in [-0.3, -0.25) is 9.59 Å². The van der Waals surface area contributed by atoms with Crippen LogP contribution in [0.25, 0.3) is 11.6 Å². The smallest absolute Gasteiger partial charge is 0.256 e. The first-order chi connectivity index (χ1) is 18.0. The van der Waals surface area contributed by atoms with Crippen molar-refractivity contribution in [3.8, 4) is 0 Å². The number of nitrogens with one attached hydrogen (secondary N) is 2. The second-order valence-electron chi connectivity index (χ2n) is 9.87. The van der Waals surface area contributed by atoms with Crippen molar-refractivity contribution in [3.63, 3.8) is 0 Å². The number of nitrogens with zero attached hydrogens (tertiary/aromatic N) is 2. The number of hydrogen-bond acceptors (Lipinski definition) is 5. The van der Waals surface area contributed by atoms with Crippen LogP contribution in [0.2, 0.25) is 0 Å². The number of carbonyl (C=O) groups is 2. The van der Waals surface area contributed by atoms with E-state index < -0.39 is 15.7 Å². The predicted octanol–water partition coefficient (Wildman–Crippen LogP) is 3.62. The van der Waals surface area contributed by atoms with Crippen LogP contribution in [0.4, 0.5) is 10.1 Å². The molecule has 0 saturated carbocycles. The minimum Gasteiger partial charge on any atom is -0.358 e. The molecular weight excluding hydrogens is 507 g/mol. The van der Waals surface area contributed by atoms with Gasteiger partial charge in [0.25, 0.3) is 11.8 Å². The van der Waals surface area contributed by atoms with Gasteiger partial charge in [0.2, 0.25) is 0 Å². The largest absolute Gasteiger partial charge is 0.358 e. The Morgan fingerprint density at radius 2 is 1.82 bits per heavy atom. The molecule has 8 nitrogen and oxygen atoms in total. The summed E-state index contributed by atoms with van der Waals surface area (Å²) in [6.07, 6.45) is 1.66. The second kappa shape index (κ2) is 9.85. The fourth-order valence-electron chi connectivity index (χ4n) is 4.98. The fraction of sp³-hybridized carbons (Fsp3) is 0.286. The number of fused-ring (bicyclic) bond motifs is 1. The summed E-state index contributed by atoms with van der Waals surface area (Å²) >= 11 is 0. The lowest BCUT2D eigenvalue weighted by Crippen LogP contribution is -2.47. The summed E-state index contributed by atoms with van der Waals surface area (Å²) < 4.78 is 39.8. The highest BCUT2D eigenvalue weighted by Crippen LogP contribution is 2.36. The zero-order chi connectivity index (χ0) is 27.2. The van der Waals surface area contributed by atoms with Crippen molar-refractivity contribution < 1.29 is 22.4 Å². The van der Waals surface area contributed by atoms with Crippen LogP contribution in [0.5, 0.6) is 0 Å². The van der Waals surface area contributed by atoms with Gasteiger partial charge in [0.15, 0.2) is 9.84 Å². The van der Waals surface area contributed by atoms with Crippen LogP contribution < -0.4 is 5.32 Å². The van der Waals surface area contributed by atoms with Crippen LogP contribution in [0, 0.1) is 19.7 Å². The third-order valence-electron chi connectivity index (χ3n) is 7.15. The molecule has 2 N–H and O–H groups in total. The number of benzene rings is 2. The quantitative estimate of drug-likeness (QED) is 0.485. The molecule has 2 aliphatic rings. The van der Waals surface area contributed by atoms with E-state index in [0.717, 1.165) is 18.7 Å². The van der Waals surface area contributed by atoms with E-state index in [-0.39, 0.29) is 22.5 Å². The topological polar surface area (TPSA) is 103 Å². The highest BCUT2D eigenvalue weighted by Gasteiger charge is 2.29. The molecule has 2 amide bonds. The molecule has 0 radical (unpaired) electrons. The molecule has 2 aliphatic heterocycles. The number of aryl methyl sites for hydroxylation is 1. The molecule has 0 aliphatic carbocycles. The maximum absolute atomic E-state index is 13.6. The number of carbonyl (C=O) groups excluding carboxylic acids is 2. The van der Waals surface area contributed by atoms with Crippen LogP contribution in [0.3, 0.4) is 0 Å². The normalized spacial score (nSPS) is 17.1. The Morgan fingerprint density at radius 3 is 2.53 bits per heavy atom. The van der Waals surface area contributed by atoms with Gasteiger partial charge in [-0.1, -0.05) is 12.1 Å². The van der Waals surface area contributed by atoms with E-state index in [0.29, 0.717) is 52.4 Å². The summed E-state index contributed by atoms with van der Waals surface area (Å²) in [5.41, 5.74) is 4.24. The maximum Gasteiger partial charge on any atom is 0.256 e. The number of aromatic nitrogens is 1. The molecular formula is C28H29FN4O4S. The molecule has 3 heterocycles. The minimum atomic E-state index is -3.80. The number of rotatable bonds is 5. The molecule has 0 unspecified atom stereocenters. The van der Waals surface area contributed by atoms with Gasteiger partial charge in [-0.05, 0) is 68.4 Å². The number of hydrogen-bond donors (Lipinski definition) is 2. The van der Waals surface area contributed by atoms with Crippen molar-refractivity contribution in [2.24, 2.45) is 0 Å². The summed E-state index contributed by atoms with van der Waals surface area (Å²) in [5, 5.41) is 2.78. The summed E-state index contributed by atoms with van der Waals surface area (Å²) in [5.74, 6) is -1.28. The van der Waals surface area contributed by atoms with Crippen LogP contribution in [-0.2, 0) is 20.4 Å². The number of halogens is 1. The van der Waals surface area contributed by atoms with Crippen LogP contribution in [0.15, 0.2) is 47.4 Å². The second-order valence-corrected chi connectivity index (χ2v) is 11.9. The Hall–Kier alpha value is -3.76. The highest BCUT2D eigenvalue weighted by molar-refractivity contribution is 7.90. The highest BCUT2D eigenvalue weighted by atomic mass is 32.2. The molecule has 10 heteroatoms. The molecule has 1 fully saturated rings. The van der Waals surface area contributed by atoms with Crippen molar-refractivity contribution in [1.82, 2.24) is 14.8 Å². The molecule has 38 heavy (non-hydrogen) atoms. The van der Waals surface area contributed by atoms with E-state index in [1.165, 1.54) is 30.3 Å². The number of amides is 2. The predicted molar refractivity (Wildman–Crippen MR) is 144 cm³/mol. The molecule has 1 aromatic heterocycles. The number of likely N-dealkylation sites (N-methyl/N-ethyl adjacent to an activating group) is 1. The first-order valence-electron chi connectivity index (χ1n) is 12.3. The van der Waals surface area contributed by atoms with Gasteiger partial charge in [-0.25, -0.2) is 12.8 Å². The lowest BCUT2D eigenvalue weighted by molar-refractivity contribution is -0.110. The van der Waals surface area contributed by atoms with Gasteiger partial charge in [-0.2, -0.15) is 0 Å². The standard InChI is InChI=1S/C28H29FN4O4S/c1-17-25(30-18(2)26(17)28(35)33-11-9-32(3)10-12-33)15-23-22-14-21(7-8-24(22)31-27(23)34)38(36,37)16-19-5-4-6-20(29)13-19/h4-8,13-15,30H,9-12,16H2,1-3H3,(H,31,34)/b23-15-. The minimum absolute atomic E-state index is 0.0354. The van der Waals surface area contributed by atoms with Gasteiger partial charge >= 0.3 is 0 Å². The van der Waals surface area contributed by atoms with Gasteiger partial charge in [-0.15, -0.1) is 0 Å². The summed E-state index contributed by atoms with van der Waals surface area (Å²) in [6.45, 7) is 6.60. The van der Waals surface area contributed by atoms with E-state index in [2.05, 4.69) is 15.2 Å². The summed E-state index contributed by atoms with van der Waals surface area (Å²) in [7, 11) is -1.77. The van der Waals surface area contributed by atoms with Crippen LogP contribution in [0.1, 0.15) is 38.4 Å². The molecule has 0 spiro atoms. The lowest BCUT2D eigenvalue weighted by Gasteiger charge is -2.32. The Kier molecular flexibility index (Phi) is 6.70.